The molecule has 2 heterocycles. The zero-order valence-electron chi connectivity index (χ0n) is 19.8. The van der Waals surface area contributed by atoms with Crippen LogP contribution in [-0.4, -0.2) is 68.6 Å². The van der Waals surface area contributed by atoms with Gasteiger partial charge in [0.25, 0.3) is 0 Å². The molecule has 0 radical (unpaired) electrons. The molecule has 0 amide bonds. The van der Waals surface area contributed by atoms with E-state index < -0.39 is 0 Å². The number of piperidine rings is 1. The molecule has 4 rings (SSSR count). The molecule has 7 nitrogen and oxygen atoms in total. The Balaban J connectivity index is 1.52. The van der Waals surface area contributed by atoms with Crippen LogP contribution in [0.15, 0.2) is 47.6 Å². The van der Waals surface area contributed by atoms with Crippen molar-refractivity contribution in [3.05, 3.63) is 53.8 Å². The average Bonchev–Trinajstić information content (AvgIpc) is 3.31. The Morgan fingerprint density at radius 1 is 1.12 bits per heavy atom. The molecule has 2 aliphatic rings. The summed E-state index contributed by atoms with van der Waals surface area (Å²) in [6.07, 6.45) is 4.47. The van der Waals surface area contributed by atoms with Crippen LogP contribution in [0.4, 0.5) is 15.8 Å². The Bertz CT molecular complexity index is 1010. The molecule has 0 bridgehead atoms. The molecule has 2 aliphatic heterocycles. The topological polar surface area (TPSA) is 69.4 Å². The lowest BCUT2D eigenvalue weighted by Gasteiger charge is -2.35. The molecule has 2 aromatic carbocycles. The number of para-hydroxylation sites is 1. The van der Waals surface area contributed by atoms with E-state index in [1.807, 2.05) is 36.4 Å². The lowest BCUT2D eigenvalue weighted by molar-refractivity contribution is 0.170. The lowest BCUT2D eigenvalue weighted by Crippen LogP contribution is -2.39. The van der Waals surface area contributed by atoms with Gasteiger partial charge in [-0.1, -0.05) is 18.2 Å². The number of hydrogen-bond acceptors (Lipinski definition) is 6. The number of ether oxygens (including phenoxy) is 1. The molecule has 0 aliphatic carbocycles. The van der Waals surface area contributed by atoms with E-state index in [0.29, 0.717) is 17.3 Å². The highest BCUT2D eigenvalue weighted by molar-refractivity contribution is 7.80. The fourth-order valence-corrected chi connectivity index (χ4v) is 4.69. The number of nitrogens with zero attached hydrogens (tertiary/aromatic N) is 4. The number of thiocarbonyl (C=S) groups is 1. The number of likely N-dealkylation sites (N-methyl/N-ethyl adjacent to an activating group) is 1. The van der Waals surface area contributed by atoms with Crippen molar-refractivity contribution in [2.24, 2.45) is 10.8 Å². The van der Waals surface area contributed by atoms with Crippen LogP contribution in [0.1, 0.15) is 24.8 Å². The number of hydrogen-bond donors (Lipinski definition) is 2. The molecule has 2 fully saturated rings. The van der Waals surface area contributed by atoms with Gasteiger partial charge < -0.3 is 25.2 Å². The SMILES string of the molecule is CN(C)[C@@H]1CCN(c2cc(N3CCC(Oc4ccccc4)CC3)c(F)cc2C=NNC(N)=S)C1. The molecular weight excluding hydrogens is 451 g/mol. The standard InChI is InChI=1S/C25H33FN6OS/c1-30(2)19-8-11-32(17-19)23-15-24(22(26)14-18(23)16-28-29-25(27)34)31-12-9-21(10-13-31)33-20-6-4-3-5-7-20/h3-7,14-16,19,21H,8-13,17H2,1-2H3,(H3,27,29,34)/t19-/m1/s1. The van der Waals surface area contributed by atoms with Crippen LogP contribution in [0.2, 0.25) is 0 Å². The van der Waals surface area contributed by atoms with Crippen molar-refractivity contribution in [3.8, 4) is 5.75 Å². The third-order valence-corrected chi connectivity index (χ3v) is 6.63. The molecule has 182 valence electrons. The maximum absolute atomic E-state index is 15.3. The van der Waals surface area contributed by atoms with E-state index in [0.717, 1.165) is 56.9 Å². The molecule has 34 heavy (non-hydrogen) atoms. The first-order valence-corrected chi connectivity index (χ1v) is 12.1. The fourth-order valence-electron chi connectivity index (χ4n) is 4.64. The number of rotatable bonds is 7. The maximum Gasteiger partial charge on any atom is 0.184 e. The van der Waals surface area contributed by atoms with E-state index in [4.69, 9.17) is 22.7 Å². The second kappa shape index (κ2) is 11.0. The van der Waals surface area contributed by atoms with Gasteiger partial charge in [-0.25, -0.2) is 4.39 Å². The normalized spacial score (nSPS) is 19.2. The molecule has 9 heteroatoms. The first-order chi connectivity index (χ1) is 16.4. The summed E-state index contributed by atoms with van der Waals surface area (Å²) in [6.45, 7) is 3.27. The number of halogens is 1. The summed E-state index contributed by atoms with van der Waals surface area (Å²) in [6, 6.07) is 13.9. The highest BCUT2D eigenvalue weighted by atomic mass is 32.1. The van der Waals surface area contributed by atoms with E-state index in [-0.39, 0.29) is 17.0 Å². The van der Waals surface area contributed by atoms with Crippen LogP contribution in [-0.2, 0) is 0 Å². The summed E-state index contributed by atoms with van der Waals surface area (Å²) in [7, 11) is 4.20. The van der Waals surface area contributed by atoms with Crippen molar-refractivity contribution in [1.29, 1.82) is 0 Å². The van der Waals surface area contributed by atoms with E-state index in [9.17, 15) is 0 Å². The van der Waals surface area contributed by atoms with Crippen molar-refractivity contribution in [1.82, 2.24) is 10.3 Å². The maximum atomic E-state index is 15.3. The van der Waals surface area contributed by atoms with Gasteiger partial charge in [0.2, 0.25) is 0 Å². The van der Waals surface area contributed by atoms with Crippen LogP contribution in [0.5, 0.6) is 5.75 Å². The largest absolute Gasteiger partial charge is 0.490 e. The van der Waals surface area contributed by atoms with Gasteiger partial charge in [-0.2, -0.15) is 5.10 Å². The summed E-state index contributed by atoms with van der Waals surface area (Å²) in [5.74, 6) is 0.624. The predicted molar refractivity (Wildman–Crippen MR) is 141 cm³/mol. The fraction of sp³-hybridized carbons (Fsp3) is 0.440. The highest BCUT2D eigenvalue weighted by Crippen LogP contribution is 2.33. The smallest absolute Gasteiger partial charge is 0.184 e. The first kappa shape index (κ1) is 24.2. The van der Waals surface area contributed by atoms with Crippen molar-refractivity contribution < 1.29 is 9.13 Å². The van der Waals surface area contributed by atoms with Crippen molar-refractivity contribution in [2.75, 3.05) is 50.1 Å². The second-order valence-electron chi connectivity index (χ2n) is 9.07. The Morgan fingerprint density at radius 3 is 2.47 bits per heavy atom. The van der Waals surface area contributed by atoms with Gasteiger partial charge in [0.05, 0.1) is 11.9 Å². The summed E-state index contributed by atoms with van der Waals surface area (Å²) in [5.41, 5.74) is 10.3. The third-order valence-electron chi connectivity index (χ3n) is 6.54. The molecule has 0 saturated carbocycles. The Hall–Kier alpha value is -2.91. The zero-order chi connectivity index (χ0) is 24.1. The summed E-state index contributed by atoms with van der Waals surface area (Å²) < 4.78 is 21.4. The van der Waals surface area contributed by atoms with Crippen LogP contribution < -0.4 is 25.7 Å². The van der Waals surface area contributed by atoms with E-state index >= 15 is 4.39 Å². The molecule has 0 unspecified atom stereocenters. The lowest BCUT2D eigenvalue weighted by atomic mass is 10.0. The molecule has 0 spiro atoms. The number of nitrogens with two attached hydrogens (primary N) is 1. The summed E-state index contributed by atoms with van der Waals surface area (Å²) in [4.78, 5) is 6.67. The summed E-state index contributed by atoms with van der Waals surface area (Å²) in [5, 5.41) is 4.16. The monoisotopic (exact) mass is 484 g/mol. The quantitative estimate of drug-likeness (QED) is 0.355. The molecule has 2 saturated heterocycles. The summed E-state index contributed by atoms with van der Waals surface area (Å²) >= 11 is 4.82. The Labute approximate surface area is 206 Å². The Kier molecular flexibility index (Phi) is 7.84. The molecule has 3 N–H and O–H groups in total. The number of anilines is 2. The van der Waals surface area contributed by atoms with Crippen molar-refractivity contribution in [2.45, 2.75) is 31.4 Å². The third kappa shape index (κ3) is 5.95. The number of benzene rings is 2. The molecule has 0 aromatic heterocycles. The Morgan fingerprint density at radius 2 is 1.82 bits per heavy atom. The minimum absolute atomic E-state index is 0.0735. The van der Waals surface area contributed by atoms with Crippen LogP contribution in [0, 0.1) is 5.82 Å². The van der Waals surface area contributed by atoms with Crippen molar-refractivity contribution >= 4 is 34.9 Å². The predicted octanol–water partition coefficient (Wildman–Crippen LogP) is 3.18. The average molecular weight is 485 g/mol. The zero-order valence-corrected chi connectivity index (χ0v) is 20.6. The molecule has 1 atom stereocenters. The van der Waals surface area contributed by atoms with Gasteiger partial charge in [-0.05, 0) is 57.0 Å². The van der Waals surface area contributed by atoms with E-state index in [1.54, 1.807) is 12.3 Å². The van der Waals surface area contributed by atoms with E-state index in [2.05, 4.69) is 39.3 Å². The van der Waals surface area contributed by atoms with Gasteiger partial charge in [0.1, 0.15) is 17.7 Å². The van der Waals surface area contributed by atoms with Gasteiger partial charge >= 0.3 is 0 Å². The van der Waals surface area contributed by atoms with Gasteiger partial charge in [0.15, 0.2) is 5.11 Å². The van der Waals surface area contributed by atoms with E-state index in [1.165, 1.54) is 0 Å². The first-order valence-electron chi connectivity index (χ1n) is 11.7. The van der Waals surface area contributed by atoms with Gasteiger partial charge in [0, 0.05) is 56.3 Å². The van der Waals surface area contributed by atoms with Crippen LogP contribution >= 0.6 is 12.2 Å². The van der Waals surface area contributed by atoms with Gasteiger partial charge in [-0.3, -0.25) is 5.43 Å². The van der Waals surface area contributed by atoms with Crippen LogP contribution in [0.25, 0.3) is 0 Å². The minimum Gasteiger partial charge on any atom is -0.490 e. The van der Waals surface area contributed by atoms with Crippen LogP contribution in [0.3, 0.4) is 0 Å². The van der Waals surface area contributed by atoms with Crippen molar-refractivity contribution in [3.63, 3.8) is 0 Å². The number of hydrazone groups is 1. The van der Waals surface area contributed by atoms with Gasteiger partial charge in [-0.15, -0.1) is 0 Å². The highest BCUT2D eigenvalue weighted by Gasteiger charge is 2.28. The molecular formula is C25H33FN6OS. The minimum atomic E-state index is -0.258. The molecule has 2 aromatic rings. The second-order valence-corrected chi connectivity index (χ2v) is 9.51. The number of nitrogens with one attached hydrogen (secondary N) is 1.